The average molecular weight is 289 g/mol. The minimum absolute atomic E-state index is 0.0300. The van der Waals surface area contributed by atoms with E-state index in [1.54, 1.807) is 6.07 Å². The minimum atomic E-state index is -0.114. The second-order valence-electron chi connectivity index (χ2n) is 6.45. The first-order valence-electron chi connectivity index (χ1n) is 7.68. The van der Waals surface area contributed by atoms with Crippen LogP contribution >= 0.6 is 0 Å². The summed E-state index contributed by atoms with van der Waals surface area (Å²) in [5, 5.41) is 3.33. The number of Topliss-reactive ketones (excluding diaryl/α,β-unsaturated/α-hetero) is 2. The molecule has 0 heterocycles. The number of rotatable bonds is 7. The van der Waals surface area contributed by atoms with Crippen LogP contribution in [-0.2, 0) is 6.54 Å². The normalized spacial score (nSPS) is 11.5. The van der Waals surface area contributed by atoms with Crippen LogP contribution in [0.2, 0.25) is 0 Å². The Morgan fingerprint density at radius 3 is 1.90 bits per heavy atom. The molecule has 1 aromatic carbocycles. The molecule has 1 N–H and O–H groups in total. The van der Waals surface area contributed by atoms with E-state index in [2.05, 4.69) is 19.2 Å². The lowest BCUT2D eigenvalue weighted by Gasteiger charge is -2.15. The van der Waals surface area contributed by atoms with E-state index in [9.17, 15) is 9.59 Å². The van der Waals surface area contributed by atoms with Crippen molar-refractivity contribution in [2.45, 2.75) is 54.1 Å². The summed E-state index contributed by atoms with van der Waals surface area (Å²) < 4.78 is 0. The Morgan fingerprint density at radius 2 is 1.43 bits per heavy atom. The van der Waals surface area contributed by atoms with Gasteiger partial charge in [-0.25, -0.2) is 0 Å². The van der Waals surface area contributed by atoms with Crippen LogP contribution in [0.25, 0.3) is 0 Å². The van der Waals surface area contributed by atoms with Gasteiger partial charge in [-0.3, -0.25) is 9.59 Å². The van der Waals surface area contributed by atoms with Crippen molar-refractivity contribution in [2.24, 2.45) is 11.8 Å². The summed E-state index contributed by atoms with van der Waals surface area (Å²) in [7, 11) is 0. The van der Waals surface area contributed by atoms with E-state index in [1.165, 1.54) is 0 Å². The van der Waals surface area contributed by atoms with Crippen molar-refractivity contribution in [1.29, 1.82) is 0 Å². The Bertz CT molecular complexity index is 516. The van der Waals surface area contributed by atoms with E-state index in [-0.39, 0.29) is 23.4 Å². The highest BCUT2D eigenvalue weighted by Crippen LogP contribution is 2.20. The Morgan fingerprint density at radius 1 is 0.905 bits per heavy atom. The summed E-state index contributed by atoms with van der Waals surface area (Å²) in [5.41, 5.74) is 2.15. The first kappa shape index (κ1) is 17.6. The maximum atomic E-state index is 12.4. The number of nitrogens with one attached hydrogen (secondary N) is 1. The zero-order valence-corrected chi connectivity index (χ0v) is 14.0. The van der Waals surface area contributed by atoms with Gasteiger partial charge in [0.2, 0.25) is 0 Å². The van der Waals surface area contributed by atoms with Crippen molar-refractivity contribution in [1.82, 2.24) is 5.32 Å². The lowest BCUT2D eigenvalue weighted by Crippen LogP contribution is -2.23. The van der Waals surface area contributed by atoms with Crippen LogP contribution in [-0.4, -0.2) is 17.6 Å². The Hall–Kier alpha value is -1.48. The van der Waals surface area contributed by atoms with E-state index in [1.807, 2.05) is 39.8 Å². The van der Waals surface area contributed by atoms with Crippen LogP contribution in [0.5, 0.6) is 0 Å². The van der Waals surface area contributed by atoms with Gasteiger partial charge in [-0.1, -0.05) is 53.7 Å². The first-order chi connectivity index (χ1) is 9.73. The SMILES string of the molecule is CC(C)NCc1ccc(C(=O)C(C)C)c(C(=O)C(C)C)c1. The molecule has 0 bridgehead atoms. The third kappa shape index (κ3) is 4.78. The summed E-state index contributed by atoms with van der Waals surface area (Å²) in [6.45, 7) is 12.3. The van der Waals surface area contributed by atoms with Gasteiger partial charge in [-0.2, -0.15) is 0 Å². The zero-order valence-electron chi connectivity index (χ0n) is 14.0. The number of carbonyl (C=O) groups excluding carboxylic acids is 2. The van der Waals surface area contributed by atoms with Crippen molar-refractivity contribution < 1.29 is 9.59 Å². The molecule has 0 spiro atoms. The second kappa shape index (κ2) is 7.51. The van der Waals surface area contributed by atoms with Gasteiger partial charge >= 0.3 is 0 Å². The number of hydrogen-bond donors (Lipinski definition) is 1. The molecule has 0 aromatic heterocycles. The molecular formula is C18H27NO2. The fourth-order valence-electron chi connectivity index (χ4n) is 2.06. The predicted octanol–water partition coefficient (Wildman–Crippen LogP) is 3.86. The molecule has 3 nitrogen and oxygen atoms in total. The maximum Gasteiger partial charge on any atom is 0.166 e. The zero-order chi connectivity index (χ0) is 16.2. The largest absolute Gasteiger partial charge is 0.310 e. The third-order valence-electron chi connectivity index (χ3n) is 3.38. The number of benzene rings is 1. The van der Waals surface area contributed by atoms with Crippen LogP contribution in [0.3, 0.4) is 0 Å². The molecule has 1 aromatic rings. The molecule has 1 rings (SSSR count). The standard InChI is InChI=1S/C18H27NO2/c1-11(2)17(20)15-8-7-14(10-19-13(5)6)9-16(15)18(21)12(3)4/h7-9,11-13,19H,10H2,1-6H3. The van der Waals surface area contributed by atoms with Crippen LogP contribution in [0, 0.1) is 11.8 Å². The Kier molecular flexibility index (Phi) is 6.28. The lowest BCUT2D eigenvalue weighted by molar-refractivity contribution is 0.0905. The first-order valence-corrected chi connectivity index (χ1v) is 7.68. The molecule has 0 fully saturated rings. The molecule has 0 saturated heterocycles. The van der Waals surface area contributed by atoms with Crippen molar-refractivity contribution in [3.8, 4) is 0 Å². The van der Waals surface area contributed by atoms with E-state index >= 15 is 0 Å². The molecular weight excluding hydrogens is 262 g/mol. The van der Waals surface area contributed by atoms with Crippen molar-refractivity contribution in [3.05, 3.63) is 34.9 Å². The van der Waals surface area contributed by atoms with Crippen LogP contribution in [0.4, 0.5) is 0 Å². The summed E-state index contributed by atoms with van der Waals surface area (Å²) in [5.74, 6) is -0.159. The van der Waals surface area contributed by atoms with E-state index in [0.717, 1.165) is 5.56 Å². The van der Waals surface area contributed by atoms with Gasteiger partial charge < -0.3 is 5.32 Å². The third-order valence-corrected chi connectivity index (χ3v) is 3.38. The fraction of sp³-hybridized carbons (Fsp3) is 0.556. The van der Waals surface area contributed by atoms with E-state index in [0.29, 0.717) is 23.7 Å². The van der Waals surface area contributed by atoms with Gasteiger partial charge in [0.25, 0.3) is 0 Å². The average Bonchev–Trinajstić information content (AvgIpc) is 2.42. The highest BCUT2D eigenvalue weighted by molar-refractivity contribution is 6.10. The van der Waals surface area contributed by atoms with Crippen LogP contribution in [0.1, 0.15) is 67.8 Å². The molecule has 0 saturated carbocycles. The fourth-order valence-corrected chi connectivity index (χ4v) is 2.06. The van der Waals surface area contributed by atoms with E-state index < -0.39 is 0 Å². The summed E-state index contributed by atoms with van der Waals surface area (Å²) >= 11 is 0. The van der Waals surface area contributed by atoms with Crippen molar-refractivity contribution in [3.63, 3.8) is 0 Å². The molecule has 0 radical (unpaired) electrons. The number of hydrogen-bond acceptors (Lipinski definition) is 3. The van der Waals surface area contributed by atoms with Gasteiger partial charge in [-0.15, -0.1) is 0 Å². The monoisotopic (exact) mass is 289 g/mol. The highest BCUT2D eigenvalue weighted by atomic mass is 16.1. The van der Waals surface area contributed by atoms with Gasteiger partial charge in [0.15, 0.2) is 11.6 Å². The minimum Gasteiger partial charge on any atom is -0.310 e. The van der Waals surface area contributed by atoms with Gasteiger partial charge in [0.05, 0.1) is 0 Å². The topological polar surface area (TPSA) is 46.2 Å². The van der Waals surface area contributed by atoms with Crippen molar-refractivity contribution >= 4 is 11.6 Å². The van der Waals surface area contributed by atoms with Gasteiger partial charge in [-0.05, 0) is 11.6 Å². The molecule has 3 heteroatoms. The molecule has 116 valence electrons. The van der Waals surface area contributed by atoms with Crippen molar-refractivity contribution in [2.75, 3.05) is 0 Å². The highest BCUT2D eigenvalue weighted by Gasteiger charge is 2.21. The van der Waals surface area contributed by atoms with Crippen LogP contribution in [0.15, 0.2) is 18.2 Å². The summed E-state index contributed by atoms with van der Waals surface area (Å²) in [6.07, 6.45) is 0. The van der Waals surface area contributed by atoms with Crippen LogP contribution < -0.4 is 5.32 Å². The molecule has 0 atom stereocenters. The Labute approximate surface area is 128 Å². The van der Waals surface area contributed by atoms with Gasteiger partial charge in [0, 0.05) is 35.5 Å². The van der Waals surface area contributed by atoms with Gasteiger partial charge in [0.1, 0.15) is 0 Å². The predicted molar refractivity (Wildman–Crippen MR) is 86.8 cm³/mol. The molecule has 21 heavy (non-hydrogen) atoms. The molecule has 0 amide bonds. The number of ketones is 2. The quantitative estimate of drug-likeness (QED) is 0.775. The smallest absolute Gasteiger partial charge is 0.166 e. The summed E-state index contributed by atoms with van der Waals surface area (Å²) in [6, 6.07) is 5.98. The molecule has 0 aliphatic heterocycles. The summed E-state index contributed by atoms with van der Waals surface area (Å²) in [4.78, 5) is 24.7. The maximum absolute atomic E-state index is 12.4. The number of carbonyl (C=O) groups is 2. The molecule has 0 unspecified atom stereocenters. The lowest BCUT2D eigenvalue weighted by atomic mass is 9.89. The van der Waals surface area contributed by atoms with E-state index in [4.69, 9.17) is 0 Å². The Balaban J connectivity index is 3.20. The molecule has 0 aliphatic rings. The second-order valence-corrected chi connectivity index (χ2v) is 6.45. The molecule has 0 aliphatic carbocycles.